The van der Waals surface area contributed by atoms with Gasteiger partial charge < -0.3 is 20.4 Å². The zero-order chi connectivity index (χ0) is 24.1. The van der Waals surface area contributed by atoms with E-state index in [0.717, 1.165) is 23.1 Å². The van der Waals surface area contributed by atoms with Gasteiger partial charge in [-0.3, -0.25) is 4.57 Å². The molecule has 0 fully saturated rings. The smallest absolute Gasteiger partial charge is 0.340 e. The van der Waals surface area contributed by atoms with E-state index in [0.29, 0.717) is 41.3 Å². The number of nitrogens with two attached hydrogens (primary N) is 1. The van der Waals surface area contributed by atoms with Gasteiger partial charge in [0.1, 0.15) is 0 Å². The van der Waals surface area contributed by atoms with Crippen LogP contribution >= 0.6 is 0 Å². The number of para-hydroxylation sites is 1. The van der Waals surface area contributed by atoms with Gasteiger partial charge in [-0.05, 0) is 35.2 Å². The largest absolute Gasteiger partial charge is 0.465 e. The molecule has 0 aliphatic heterocycles. The Hall–Kier alpha value is -4.33. The summed E-state index contributed by atoms with van der Waals surface area (Å²) in [6, 6.07) is 21.2. The minimum Gasteiger partial charge on any atom is -0.465 e. The Morgan fingerprint density at radius 3 is 2.50 bits per heavy atom. The highest BCUT2D eigenvalue weighted by atomic mass is 16.5. The fourth-order valence-electron chi connectivity index (χ4n) is 3.87. The van der Waals surface area contributed by atoms with Gasteiger partial charge in [0.05, 0.1) is 36.9 Å². The van der Waals surface area contributed by atoms with Crippen LogP contribution in [0.15, 0.2) is 71.9 Å². The van der Waals surface area contributed by atoms with Crippen LogP contribution in [0, 0.1) is 0 Å². The summed E-state index contributed by atoms with van der Waals surface area (Å²) in [5, 5.41) is 12.2. The predicted molar refractivity (Wildman–Crippen MR) is 130 cm³/mol. The summed E-state index contributed by atoms with van der Waals surface area (Å²) in [7, 11) is 1.36. The van der Waals surface area contributed by atoms with E-state index in [-0.39, 0.29) is 5.84 Å². The van der Waals surface area contributed by atoms with Crippen LogP contribution in [0.25, 0.3) is 22.2 Å². The molecule has 0 amide bonds. The Morgan fingerprint density at radius 2 is 1.79 bits per heavy atom. The zero-order valence-electron chi connectivity index (χ0n) is 19.1. The van der Waals surface area contributed by atoms with Gasteiger partial charge >= 0.3 is 5.97 Å². The van der Waals surface area contributed by atoms with Crippen molar-refractivity contribution in [3.05, 3.63) is 83.4 Å². The van der Waals surface area contributed by atoms with Crippen LogP contribution in [0.2, 0.25) is 0 Å². The lowest BCUT2D eigenvalue weighted by molar-refractivity contribution is 0.0602. The number of hydrogen-bond donors (Lipinski definition) is 2. The van der Waals surface area contributed by atoms with E-state index in [4.69, 9.17) is 20.4 Å². The quantitative estimate of drug-likeness (QED) is 0.133. The minimum atomic E-state index is -0.427. The van der Waals surface area contributed by atoms with Crippen molar-refractivity contribution in [2.24, 2.45) is 10.9 Å². The van der Waals surface area contributed by atoms with Gasteiger partial charge in [0.2, 0.25) is 0 Å². The number of amidine groups is 1. The summed E-state index contributed by atoms with van der Waals surface area (Å²) in [5.41, 5.74) is 11.0. The number of methoxy groups -OCH3 is 1. The predicted octanol–water partition coefficient (Wildman–Crippen LogP) is 4.42. The van der Waals surface area contributed by atoms with Crippen LogP contribution in [0.4, 0.5) is 0 Å². The summed E-state index contributed by atoms with van der Waals surface area (Å²) in [6.45, 7) is 2.99. The molecular weight excluding hydrogens is 432 g/mol. The molecule has 4 rings (SSSR count). The number of fused-ring (bicyclic) bond motifs is 1. The molecule has 0 unspecified atom stereocenters. The number of aromatic nitrogens is 2. The molecule has 8 heteroatoms. The number of nitrogens with zero attached hydrogens (tertiary/aromatic N) is 3. The highest BCUT2D eigenvalue weighted by Gasteiger charge is 2.20. The van der Waals surface area contributed by atoms with Crippen molar-refractivity contribution in [2.45, 2.75) is 19.9 Å². The number of esters is 1. The molecule has 0 atom stereocenters. The average Bonchev–Trinajstić information content (AvgIpc) is 3.24. The van der Waals surface area contributed by atoms with Crippen molar-refractivity contribution in [3.8, 4) is 17.1 Å². The number of benzene rings is 3. The number of carbonyl (C=O) groups is 1. The lowest BCUT2D eigenvalue weighted by atomic mass is 9.98. The van der Waals surface area contributed by atoms with Crippen molar-refractivity contribution in [1.29, 1.82) is 0 Å². The molecule has 0 spiro atoms. The van der Waals surface area contributed by atoms with Crippen molar-refractivity contribution < 1.29 is 19.5 Å². The van der Waals surface area contributed by atoms with Crippen molar-refractivity contribution in [1.82, 2.24) is 9.55 Å². The standard InChI is InChI=1S/C26H26N4O4/c1-3-15-34-26-28-22-10-6-9-21(25(31)33-2)23(22)30(26)16-17-11-13-18(14-12-17)19-7-4-5-8-20(19)24(27)29-32/h4-14,32H,3,15-16H2,1-2H3,(H2,27,29). The second-order valence-electron chi connectivity index (χ2n) is 7.72. The molecule has 3 aromatic carbocycles. The maximum atomic E-state index is 12.4. The van der Waals surface area contributed by atoms with Gasteiger partial charge in [0.25, 0.3) is 6.01 Å². The van der Waals surface area contributed by atoms with Crippen LogP contribution in [0.5, 0.6) is 6.01 Å². The maximum Gasteiger partial charge on any atom is 0.340 e. The molecule has 0 saturated carbocycles. The average molecular weight is 459 g/mol. The molecule has 1 aromatic heterocycles. The van der Waals surface area contributed by atoms with Crippen molar-refractivity contribution in [2.75, 3.05) is 13.7 Å². The topological polar surface area (TPSA) is 112 Å². The molecule has 34 heavy (non-hydrogen) atoms. The van der Waals surface area contributed by atoms with Crippen LogP contribution < -0.4 is 10.5 Å². The lowest BCUT2D eigenvalue weighted by Gasteiger charge is -2.13. The fraction of sp³-hybridized carbons (Fsp3) is 0.192. The second kappa shape index (κ2) is 10.1. The van der Waals surface area contributed by atoms with E-state index in [1.54, 1.807) is 12.1 Å². The van der Waals surface area contributed by atoms with E-state index in [1.807, 2.05) is 66.1 Å². The van der Waals surface area contributed by atoms with Crippen molar-refractivity contribution >= 4 is 22.8 Å². The number of imidazole rings is 1. The first-order valence-corrected chi connectivity index (χ1v) is 10.9. The van der Waals surface area contributed by atoms with E-state index in [9.17, 15) is 4.79 Å². The van der Waals surface area contributed by atoms with Crippen molar-refractivity contribution in [3.63, 3.8) is 0 Å². The molecule has 0 saturated heterocycles. The SMILES string of the molecule is CCCOc1nc2cccc(C(=O)OC)c2n1Cc1ccc(-c2ccccc2/C(N)=N\O)cc1. The van der Waals surface area contributed by atoms with Gasteiger partial charge in [-0.25, -0.2) is 4.79 Å². The molecule has 0 aliphatic carbocycles. The first-order chi connectivity index (χ1) is 16.6. The number of oxime groups is 1. The second-order valence-corrected chi connectivity index (χ2v) is 7.72. The van der Waals surface area contributed by atoms with Crippen LogP contribution in [-0.4, -0.2) is 40.3 Å². The number of hydrogen-bond acceptors (Lipinski definition) is 6. The summed E-state index contributed by atoms with van der Waals surface area (Å²) in [4.78, 5) is 17.0. The molecule has 0 radical (unpaired) electrons. The summed E-state index contributed by atoms with van der Waals surface area (Å²) < 4.78 is 12.8. The van der Waals surface area contributed by atoms with E-state index in [1.165, 1.54) is 7.11 Å². The fourth-order valence-corrected chi connectivity index (χ4v) is 3.87. The maximum absolute atomic E-state index is 12.4. The number of rotatable bonds is 8. The van der Waals surface area contributed by atoms with Gasteiger partial charge in [-0.1, -0.05) is 66.7 Å². The molecule has 1 heterocycles. The van der Waals surface area contributed by atoms with E-state index < -0.39 is 5.97 Å². The minimum absolute atomic E-state index is 0.0533. The molecular formula is C26H26N4O4. The Kier molecular flexibility index (Phi) is 6.77. The van der Waals surface area contributed by atoms with Crippen LogP contribution in [0.1, 0.15) is 34.8 Å². The molecule has 3 N–H and O–H groups in total. The van der Waals surface area contributed by atoms with Crippen LogP contribution in [0.3, 0.4) is 0 Å². The lowest BCUT2D eigenvalue weighted by Crippen LogP contribution is -2.14. The van der Waals surface area contributed by atoms with Crippen LogP contribution in [-0.2, 0) is 11.3 Å². The molecule has 0 aliphatic rings. The Bertz CT molecular complexity index is 1340. The summed E-state index contributed by atoms with van der Waals surface area (Å²) in [5.74, 6) is -0.374. The first kappa shape index (κ1) is 22.8. The van der Waals surface area contributed by atoms with Gasteiger partial charge in [0.15, 0.2) is 5.84 Å². The highest BCUT2D eigenvalue weighted by molar-refractivity contribution is 6.03. The molecule has 8 nitrogen and oxygen atoms in total. The number of ether oxygens (including phenoxy) is 2. The first-order valence-electron chi connectivity index (χ1n) is 10.9. The third-order valence-electron chi connectivity index (χ3n) is 5.49. The van der Waals surface area contributed by atoms with Gasteiger partial charge in [0, 0.05) is 5.56 Å². The highest BCUT2D eigenvalue weighted by Crippen LogP contribution is 2.28. The Labute approximate surface area is 197 Å². The zero-order valence-corrected chi connectivity index (χ0v) is 19.1. The van der Waals surface area contributed by atoms with E-state index in [2.05, 4.69) is 10.1 Å². The van der Waals surface area contributed by atoms with Gasteiger partial charge in [-0.2, -0.15) is 4.98 Å². The Balaban J connectivity index is 1.74. The Morgan fingerprint density at radius 1 is 1.06 bits per heavy atom. The third kappa shape index (κ3) is 4.43. The third-order valence-corrected chi connectivity index (χ3v) is 5.49. The molecule has 0 bridgehead atoms. The monoisotopic (exact) mass is 458 g/mol. The number of carbonyl (C=O) groups excluding carboxylic acids is 1. The van der Waals surface area contributed by atoms with Gasteiger partial charge in [-0.15, -0.1) is 0 Å². The molecule has 174 valence electrons. The normalized spacial score (nSPS) is 11.5. The molecule has 4 aromatic rings. The van der Waals surface area contributed by atoms with E-state index >= 15 is 0 Å². The summed E-state index contributed by atoms with van der Waals surface area (Å²) in [6.07, 6.45) is 0.835. The summed E-state index contributed by atoms with van der Waals surface area (Å²) >= 11 is 0.